The van der Waals surface area contributed by atoms with E-state index in [9.17, 15) is 13.2 Å². The zero-order valence-electron chi connectivity index (χ0n) is 12.6. The van der Waals surface area contributed by atoms with Crippen LogP contribution in [0.3, 0.4) is 0 Å². The van der Waals surface area contributed by atoms with Gasteiger partial charge in [-0.2, -0.15) is 9.57 Å². The van der Waals surface area contributed by atoms with E-state index in [1.54, 1.807) is 0 Å². The van der Waals surface area contributed by atoms with E-state index in [1.807, 2.05) is 11.8 Å². The molecule has 1 saturated heterocycles. The first kappa shape index (κ1) is 17.9. The number of nitrogens with zero attached hydrogens (tertiary/aromatic N) is 3. The Balaban J connectivity index is 2.45. The Bertz CT molecular complexity index is 478. The number of ether oxygens (including phenoxy) is 1. The number of sulfonamides is 1. The van der Waals surface area contributed by atoms with Crippen LogP contribution in [0.15, 0.2) is 0 Å². The van der Waals surface area contributed by atoms with Crippen LogP contribution in [0, 0.1) is 11.3 Å². The molecule has 8 heteroatoms. The molecular formula is C13H23N3O4S. The fourth-order valence-electron chi connectivity index (χ4n) is 2.35. The van der Waals surface area contributed by atoms with Gasteiger partial charge in [0.05, 0.1) is 25.0 Å². The van der Waals surface area contributed by atoms with Crippen LogP contribution in [0.4, 0.5) is 0 Å². The molecule has 1 unspecified atom stereocenters. The third kappa shape index (κ3) is 5.26. The normalized spacial score (nSPS) is 18.9. The van der Waals surface area contributed by atoms with Gasteiger partial charge in [-0.25, -0.2) is 8.42 Å². The molecule has 21 heavy (non-hydrogen) atoms. The third-order valence-electron chi connectivity index (χ3n) is 3.65. The molecule has 0 amide bonds. The highest BCUT2D eigenvalue weighted by molar-refractivity contribution is 7.89. The first-order valence-electron chi connectivity index (χ1n) is 7.13. The van der Waals surface area contributed by atoms with Crippen LogP contribution in [0.25, 0.3) is 0 Å². The zero-order valence-corrected chi connectivity index (χ0v) is 13.4. The Morgan fingerprint density at radius 3 is 2.43 bits per heavy atom. The molecule has 7 nitrogen and oxygen atoms in total. The van der Waals surface area contributed by atoms with E-state index >= 15 is 0 Å². The summed E-state index contributed by atoms with van der Waals surface area (Å²) in [5.74, 6) is -0.438. The highest BCUT2D eigenvalue weighted by Gasteiger charge is 2.29. The van der Waals surface area contributed by atoms with E-state index in [-0.39, 0.29) is 24.6 Å². The Morgan fingerprint density at radius 2 is 1.95 bits per heavy atom. The number of piperazine rings is 1. The summed E-state index contributed by atoms with van der Waals surface area (Å²) in [5.41, 5.74) is 0. The van der Waals surface area contributed by atoms with Crippen LogP contribution in [0.2, 0.25) is 0 Å². The van der Waals surface area contributed by atoms with Crippen molar-refractivity contribution < 1.29 is 17.9 Å². The highest BCUT2D eigenvalue weighted by Crippen LogP contribution is 2.13. The van der Waals surface area contributed by atoms with Gasteiger partial charge in [0, 0.05) is 32.6 Å². The van der Waals surface area contributed by atoms with Crippen LogP contribution in [0.1, 0.15) is 26.2 Å². The van der Waals surface area contributed by atoms with Crippen molar-refractivity contribution in [2.45, 2.75) is 32.2 Å². The minimum absolute atomic E-state index is 0.0441. The van der Waals surface area contributed by atoms with Gasteiger partial charge in [0.2, 0.25) is 10.0 Å². The molecule has 0 spiro atoms. The Labute approximate surface area is 126 Å². The van der Waals surface area contributed by atoms with Crippen LogP contribution >= 0.6 is 0 Å². The van der Waals surface area contributed by atoms with Crippen molar-refractivity contribution in [1.29, 1.82) is 5.26 Å². The number of nitriles is 1. The molecule has 1 fully saturated rings. The van der Waals surface area contributed by atoms with E-state index < -0.39 is 16.0 Å². The van der Waals surface area contributed by atoms with Gasteiger partial charge in [0.1, 0.15) is 0 Å². The summed E-state index contributed by atoms with van der Waals surface area (Å²) < 4.78 is 30.3. The summed E-state index contributed by atoms with van der Waals surface area (Å²) in [7, 11) is -2.05. The fraction of sp³-hybridized carbons (Fsp3) is 0.846. The van der Waals surface area contributed by atoms with E-state index in [2.05, 4.69) is 10.8 Å². The first-order chi connectivity index (χ1) is 9.94. The molecule has 0 aromatic heterocycles. The lowest BCUT2D eigenvalue weighted by Crippen LogP contribution is -2.51. The fourth-order valence-corrected chi connectivity index (χ4v) is 3.84. The van der Waals surface area contributed by atoms with Crippen LogP contribution in [-0.4, -0.2) is 68.7 Å². The average molecular weight is 317 g/mol. The van der Waals surface area contributed by atoms with Crippen molar-refractivity contribution in [3.05, 3.63) is 0 Å². The van der Waals surface area contributed by atoms with Gasteiger partial charge in [-0.3, -0.25) is 9.69 Å². The summed E-state index contributed by atoms with van der Waals surface area (Å²) in [5, 5.41) is 9.03. The number of carbonyl (C=O) groups is 1. The Morgan fingerprint density at radius 1 is 1.33 bits per heavy atom. The number of hydrogen-bond donors (Lipinski definition) is 0. The molecule has 1 rings (SSSR count). The maximum Gasteiger partial charge on any atom is 0.305 e. The van der Waals surface area contributed by atoms with Gasteiger partial charge in [-0.15, -0.1) is 0 Å². The number of hydrogen-bond acceptors (Lipinski definition) is 6. The zero-order chi connectivity index (χ0) is 15.9. The topological polar surface area (TPSA) is 90.7 Å². The van der Waals surface area contributed by atoms with Gasteiger partial charge in [-0.05, 0) is 12.8 Å². The Kier molecular flexibility index (Phi) is 7.08. The highest BCUT2D eigenvalue weighted by atomic mass is 32.2. The smallest absolute Gasteiger partial charge is 0.305 e. The average Bonchev–Trinajstić information content (AvgIpc) is 2.48. The lowest BCUT2D eigenvalue weighted by molar-refractivity contribution is -0.140. The molecule has 120 valence electrons. The van der Waals surface area contributed by atoms with Crippen LogP contribution < -0.4 is 0 Å². The molecule has 0 saturated carbocycles. The number of rotatable bonds is 7. The molecule has 1 atom stereocenters. The molecule has 0 aromatic carbocycles. The minimum Gasteiger partial charge on any atom is -0.469 e. The molecule has 0 N–H and O–H groups in total. The summed E-state index contributed by atoms with van der Waals surface area (Å²) in [6, 6.07) is 2.09. The predicted molar refractivity (Wildman–Crippen MR) is 77.9 cm³/mol. The largest absolute Gasteiger partial charge is 0.469 e. The monoisotopic (exact) mass is 317 g/mol. The van der Waals surface area contributed by atoms with Crippen molar-refractivity contribution in [2.75, 3.05) is 39.0 Å². The van der Waals surface area contributed by atoms with Gasteiger partial charge in [0.15, 0.2) is 0 Å². The summed E-state index contributed by atoms with van der Waals surface area (Å²) >= 11 is 0. The quantitative estimate of drug-likeness (QED) is 0.623. The molecule has 1 aliphatic heterocycles. The lowest BCUT2D eigenvalue weighted by Gasteiger charge is -2.35. The molecule has 0 radical (unpaired) electrons. The van der Waals surface area contributed by atoms with E-state index in [0.29, 0.717) is 26.2 Å². The summed E-state index contributed by atoms with van der Waals surface area (Å²) in [4.78, 5) is 13.0. The maximum absolute atomic E-state index is 12.2. The molecule has 0 aliphatic carbocycles. The number of carbonyl (C=O) groups excluding carboxylic acids is 1. The summed E-state index contributed by atoms with van der Waals surface area (Å²) in [6.07, 6.45) is 1.12. The molecular weight excluding hydrogens is 294 g/mol. The Hall–Kier alpha value is -1.17. The first-order valence-corrected chi connectivity index (χ1v) is 8.73. The third-order valence-corrected chi connectivity index (χ3v) is 5.61. The van der Waals surface area contributed by atoms with Crippen molar-refractivity contribution in [2.24, 2.45) is 0 Å². The predicted octanol–water partition coefficient (Wildman–Crippen LogP) is 0.189. The lowest BCUT2D eigenvalue weighted by atomic mass is 10.2. The van der Waals surface area contributed by atoms with Gasteiger partial charge in [-0.1, -0.05) is 6.92 Å². The van der Waals surface area contributed by atoms with Crippen LogP contribution in [0.5, 0.6) is 0 Å². The second-order valence-electron chi connectivity index (χ2n) is 4.98. The number of methoxy groups -OCH3 is 1. The molecule has 0 aromatic rings. The van der Waals surface area contributed by atoms with E-state index in [4.69, 9.17) is 5.26 Å². The van der Waals surface area contributed by atoms with Crippen LogP contribution in [-0.2, 0) is 19.6 Å². The summed E-state index contributed by atoms with van der Waals surface area (Å²) in [6.45, 7) is 3.89. The van der Waals surface area contributed by atoms with Crippen molar-refractivity contribution >= 4 is 16.0 Å². The second-order valence-corrected chi connectivity index (χ2v) is 7.07. The standard InChI is InChI=1S/C13H23N3O4S/c1-3-12(11-14)15-6-8-16(9-7-15)21(18,19)10-4-5-13(17)20-2/h12H,3-10H2,1-2H3. The van der Waals surface area contributed by atoms with E-state index in [0.717, 1.165) is 6.42 Å². The van der Waals surface area contributed by atoms with Crippen molar-refractivity contribution in [3.63, 3.8) is 0 Å². The van der Waals surface area contributed by atoms with Crippen molar-refractivity contribution in [3.8, 4) is 6.07 Å². The molecule has 1 aliphatic rings. The molecule has 0 bridgehead atoms. The van der Waals surface area contributed by atoms with E-state index in [1.165, 1.54) is 11.4 Å². The van der Waals surface area contributed by atoms with Gasteiger partial charge in [0.25, 0.3) is 0 Å². The van der Waals surface area contributed by atoms with Crippen molar-refractivity contribution in [1.82, 2.24) is 9.21 Å². The minimum atomic E-state index is -3.33. The van der Waals surface area contributed by atoms with Gasteiger partial charge < -0.3 is 4.74 Å². The molecule has 1 heterocycles. The maximum atomic E-state index is 12.2. The van der Waals surface area contributed by atoms with Gasteiger partial charge >= 0.3 is 5.97 Å². The second kappa shape index (κ2) is 8.32. The SMILES string of the molecule is CCC(C#N)N1CCN(S(=O)(=O)CCCC(=O)OC)CC1. The number of esters is 1.